The van der Waals surface area contributed by atoms with Crippen molar-refractivity contribution in [3.63, 3.8) is 0 Å². The second-order valence-electron chi connectivity index (χ2n) is 5.79. The topological polar surface area (TPSA) is 90.2 Å². The maximum absolute atomic E-state index is 12.6. The minimum absolute atomic E-state index is 0.0365. The first-order chi connectivity index (χ1) is 11.7. The van der Waals surface area contributed by atoms with Gasteiger partial charge in [-0.1, -0.05) is 12.1 Å². The lowest BCUT2D eigenvalue weighted by atomic mass is 10.1. The van der Waals surface area contributed by atoms with Crippen LogP contribution in [0.25, 0.3) is 11.0 Å². The molecule has 0 atom stereocenters. The summed E-state index contributed by atoms with van der Waals surface area (Å²) in [6.07, 6.45) is 0. The summed E-state index contributed by atoms with van der Waals surface area (Å²) in [6.45, 7) is 1.41. The van der Waals surface area contributed by atoms with Gasteiger partial charge in [0.15, 0.2) is 5.78 Å². The van der Waals surface area contributed by atoms with Crippen molar-refractivity contribution in [3.8, 4) is 0 Å². The van der Waals surface area contributed by atoms with Gasteiger partial charge in [0.25, 0.3) is 10.0 Å². The molecule has 0 fully saturated rings. The summed E-state index contributed by atoms with van der Waals surface area (Å²) in [4.78, 5) is 23.4. The average molecular weight is 359 g/mol. The normalized spacial score (nSPS) is 11.6. The molecule has 0 bridgehead atoms. The average Bonchev–Trinajstić information content (AvgIpc) is 2.79. The smallest absolute Gasteiger partial charge is 0.295 e. The second kappa shape index (κ2) is 5.89. The lowest BCUT2D eigenvalue weighted by molar-refractivity contribution is 0.101. The Bertz CT molecular complexity index is 1160. The fraction of sp³-hybridized carbons (Fsp3) is 0.176. The van der Waals surface area contributed by atoms with Gasteiger partial charge in [0, 0.05) is 25.3 Å². The summed E-state index contributed by atoms with van der Waals surface area (Å²) in [5.74, 6) is -0.151. The Kier molecular flexibility index (Phi) is 4.00. The van der Waals surface area contributed by atoms with Gasteiger partial charge in [-0.15, -0.1) is 0 Å². The van der Waals surface area contributed by atoms with Crippen LogP contribution in [-0.2, 0) is 24.1 Å². The SMILES string of the molecule is CC(=O)c1cccc(NS(=O)(=O)c2ccc3c(c2)n(C)c(=O)n3C)c1. The molecule has 0 spiro atoms. The van der Waals surface area contributed by atoms with Gasteiger partial charge >= 0.3 is 5.69 Å². The first-order valence-electron chi connectivity index (χ1n) is 7.50. The van der Waals surface area contributed by atoms with Crippen LogP contribution in [-0.4, -0.2) is 23.3 Å². The van der Waals surface area contributed by atoms with E-state index in [-0.39, 0.29) is 16.4 Å². The molecule has 0 saturated heterocycles. The quantitative estimate of drug-likeness (QED) is 0.720. The highest BCUT2D eigenvalue weighted by Gasteiger charge is 2.17. The van der Waals surface area contributed by atoms with E-state index in [2.05, 4.69) is 4.72 Å². The molecule has 0 saturated carbocycles. The highest BCUT2D eigenvalue weighted by atomic mass is 32.2. The van der Waals surface area contributed by atoms with E-state index in [0.717, 1.165) is 0 Å². The number of nitrogens with zero attached hydrogens (tertiary/aromatic N) is 2. The molecule has 25 heavy (non-hydrogen) atoms. The number of aryl methyl sites for hydroxylation is 2. The summed E-state index contributed by atoms with van der Waals surface area (Å²) in [7, 11) is -0.636. The third-order valence-corrected chi connectivity index (χ3v) is 5.45. The van der Waals surface area contributed by atoms with E-state index in [4.69, 9.17) is 0 Å². The number of sulfonamides is 1. The standard InChI is InChI=1S/C17H17N3O4S/c1-11(21)12-5-4-6-13(9-12)18-25(23,24)14-7-8-15-16(10-14)20(3)17(22)19(15)2/h4-10,18H,1-3H3. The Balaban J connectivity index is 2.04. The van der Waals surface area contributed by atoms with Crippen LogP contribution in [0.5, 0.6) is 0 Å². The van der Waals surface area contributed by atoms with Crippen molar-refractivity contribution in [2.45, 2.75) is 11.8 Å². The zero-order chi connectivity index (χ0) is 18.4. The van der Waals surface area contributed by atoms with Crippen LogP contribution < -0.4 is 10.4 Å². The molecule has 7 nitrogen and oxygen atoms in total. The number of imidazole rings is 1. The van der Waals surface area contributed by atoms with Gasteiger partial charge in [-0.2, -0.15) is 0 Å². The van der Waals surface area contributed by atoms with Crippen molar-refractivity contribution in [3.05, 3.63) is 58.5 Å². The summed E-state index contributed by atoms with van der Waals surface area (Å²) in [5, 5.41) is 0. The monoisotopic (exact) mass is 359 g/mol. The Labute approximate surface area is 144 Å². The molecule has 0 aliphatic heterocycles. The largest absolute Gasteiger partial charge is 0.328 e. The number of nitrogens with one attached hydrogen (secondary N) is 1. The molecule has 0 radical (unpaired) electrons. The van der Waals surface area contributed by atoms with Crippen molar-refractivity contribution in [2.24, 2.45) is 14.1 Å². The van der Waals surface area contributed by atoms with Crippen LogP contribution in [0.3, 0.4) is 0 Å². The number of carbonyl (C=O) groups is 1. The predicted octanol–water partition coefficient (Wildman–Crippen LogP) is 1.88. The first kappa shape index (κ1) is 17.0. The van der Waals surface area contributed by atoms with Gasteiger partial charge in [-0.25, -0.2) is 13.2 Å². The molecule has 1 N–H and O–H groups in total. The molecular weight excluding hydrogens is 342 g/mol. The van der Waals surface area contributed by atoms with E-state index < -0.39 is 10.0 Å². The molecule has 3 rings (SSSR count). The van der Waals surface area contributed by atoms with Crippen molar-refractivity contribution in [1.82, 2.24) is 9.13 Å². The predicted molar refractivity (Wildman–Crippen MR) is 95.4 cm³/mol. The third-order valence-electron chi connectivity index (χ3n) is 4.08. The number of anilines is 1. The Morgan fingerprint density at radius 2 is 1.68 bits per heavy atom. The Morgan fingerprint density at radius 1 is 1.00 bits per heavy atom. The van der Waals surface area contributed by atoms with Crippen LogP contribution in [0, 0.1) is 0 Å². The molecular formula is C17H17N3O4S. The fourth-order valence-electron chi connectivity index (χ4n) is 2.67. The summed E-state index contributed by atoms with van der Waals surface area (Å²) in [6, 6.07) is 10.8. The number of hydrogen-bond donors (Lipinski definition) is 1. The lowest BCUT2D eigenvalue weighted by Crippen LogP contribution is -2.19. The van der Waals surface area contributed by atoms with E-state index >= 15 is 0 Å². The molecule has 130 valence electrons. The Morgan fingerprint density at radius 3 is 2.36 bits per heavy atom. The molecule has 1 aromatic heterocycles. The van der Waals surface area contributed by atoms with Gasteiger partial charge in [-0.3, -0.25) is 18.7 Å². The van der Waals surface area contributed by atoms with Gasteiger partial charge < -0.3 is 0 Å². The van der Waals surface area contributed by atoms with E-state index in [1.54, 1.807) is 38.4 Å². The van der Waals surface area contributed by atoms with E-state index in [0.29, 0.717) is 22.3 Å². The number of rotatable bonds is 4. The van der Waals surface area contributed by atoms with Crippen LogP contribution in [0.15, 0.2) is 52.2 Å². The summed E-state index contributed by atoms with van der Waals surface area (Å²) < 4.78 is 30.6. The number of benzene rings is 2. The van der Waals surface area contributed by atoms with Crippen molar-refractivity contribution < 1.29 is 13.2 Å². The molecule has 1 heterocycles. The lowest BCUT2D eigenvalue weighted by Gasteiger charge is -2.09. The Hall–Kier alpha value is -2.87. The highest BCUT2D eigenvalue weighted by Crippen LogP contribution is 2.21. The molecule has 8 heteroatoms. The van der Waals surface area contributed by atoms with Crippen LogP contribution in [0.4, 0.5) is 5.69 Å². The van der Waals surface area contributed by atoms with E-state index in [9.17, 15) is 18.0 Å². The van der Waals surface area contributed by atoms with Crippen LogP contribution >= 0.6 is 0 Å². The minimum Gasteiger partial charge on any atom is -0.295 e. The number of Topliss-reactive ketones (excluding diaryl/α,β-unsaturated/α-hetero) is 1. The molecule has 3 aromatic rings. The van der Waals surface area contributed by atoms with Crippen LogP contribution in [0.2, 0.25) is 0 Å². The third kappa shape index (κ3) is 2.96. The maximum atomic E-state index is 12.6. The van der Waals surface area contributed by atoms with Gasteiger partial charge in [0.05, 0.1) is 15.9 Å². The number of carbonyl (C=O) groups excluding carboxylic acids is 1. The molecule has 0 aliphatic carbocycles. The van der Waals surface area contributed by atoms with Crippen molar-refractivity contribution in [2.75, 3.05) is 4.72 Å². The molecule has 0 aliphatic rings. The molecule has 2 aromatic carbocycles. The zero-order valence-corrected chi connectivity index (χ0v) is 14.8. The van der Waals surface area contributed by atoms with E-state index in [1.165, 1.54) is 34.3 Å². The van der Waals surface area contributed by atoms with Crippen LogP contribution in [0.1, 0.15) is 17.3 Å². The van der Waals surface area contributed by atoms with E-state index in [1.807, 2.05) is 0 Å². The fourth-order valence-corrected chi connectivity index (χ4v) is 3.74. The maximum Gasteiger partial charge on any atom is 0.328 e. The number of aromatic nitrogens is 2. The molecule has 0 unspecified atom stereocenters. The second-order valence-corrected chi connectivity index (χ2v) is 7.48. The van der Waals surface area contributed by atoms with Crippen molar-refractivity contribution >= 4 is 32.5 Å². The minimum atomic E-state index is -3.85. The first-order valence-corrected chi connectivity index (χ1v) is 8.98. The zero-order valence-electron chi connectivity index (χ0n) is 14.0. The number of fused-ring (bicyclic) bond motifs is 1. The summed E-state index contributed by atoms with van der Waals surface area (Å²) in [5.41, 5.74) is 1.65. The van der Waals surface area contributed by atoms with Crippen molar-refractivity contribution in [1.29, 1.82) is 0 Å². The molecule has 0 amide bonds. The van der Waals surface area contributed by atoms with Gasteiger partial charge in [0.2, 0.25) is 0 Å². The number of ketones is 1. The number of hydrogen-bond acceptors (Lipinski definition) is 4. The highest BCUT2D eigenvalue weighted by molar-refractivity contribution is 7.92. The van der Waals surface area contributed by atoms with Gasteiger partial charge in [0.1, 0.15) is 0 Å². The van der Waals surface area contributed by atoms with Gasteiger partial charge in [-0.05, 0) is 37.3 Å². The summed E-state index contributed by atoms with van der Waals surface area (Å²) >= 11 is 0.